The van der Waals surface area contributed by atoms with Crippen LogP contribution in [-0.2, 0) is 23.2 Å². The monoisotopic (exact) mass is 315 g/mol. The number of nitrogens with zero attached hydrogens (tertiary/aromatic N) is 1. The maximum Gasteiger partial charge on any atom is 0.235 e. The fraction of sp³-hybridized carbons (Fsp3) is 0.611. The number of isocyanates is 1. The lowest BCUT2D eigenvalue weighted by Crippen LogP contribution is -2.35. The number of aliphatic imine (C=N–C) groups is 1. The second-order valence-electron chi connectivity index (χ2n) is 6.52. The van der Waals surface area contributed by atoms with Crippen LogP contribution in [0.3, 0.4) is 0 Å². The van der Waals surface area contributed by atoms with Gasteiger partial charge in [-0.15, -0.1) is 0 Å². The predicted molar refractivity (Wildman–Crippen MR) is 84.3 cm³/mol. The lowest BCUT2D eigenvalue weighted by Gasteiger charge is -2.42. The summed E-state index contributed by atoms with van der Waals surface area (Å²) in [5, 5.41) is 0. The van der Waals surface area contributed by atoms with Gasteiger partial charge in [0.1, 0.15) is 11.3 Å². The third kappa shape index (κ3) is 2.07. The van der Waals surface area contributed by atoms with Crippen molar-refractivity contribution in [3.05, 3.63) is 16.7 Å². The van der Waals surface area contributed by atoms with Crippen molar-refractivity contribution in [2.75, 3.05) is 20.3 Å². The first-order valence-corrected chi connectivity index (χ1v) is 8.41. The van der Waals surface area contributed by atoms with Crippen LogP contribution in [0, 0.1) is 0 Å². The minimum Gasteiger partial charge on any atom is -0.493 e. The first-order chi connectivity index (χ1) is 11.3. The molecule has 0 spiro atoms. The van der Waals surface area contributed by atoms with Gasteiger partial charge in [-0.2, -0.15) is 4.99 Å². The zero-order valence-electron chi connectivity index (χ0n) is 13.4. The van der Waals surface area contributed by atoms with Gasteiger partial charge in [-0.1, -0.05) is 0 Å². The number of ether oxygens (including phenoxy) is 3. The third-order valence-corrected chi connectivity index (χ3v) is 5.30. The molecule has 2 aliphatic heterocycles. The molecule has 1 saturated carbocycles. The highest BCUT2D eigenvalue weighted by atomic mass is 16.5. The molecule has 1 aliphatic carbocycles. The van der Waals surface area contributed by atoms with E-state index in [1.807, 2.05) is 0 Å². The van der Waals surface area contributed by atoms with Crippen molar-refractivity contribution in [3.8, 4) is 17.2 Å². The molecular weight excluding hydrogens is 294 g/mol. The number of carbonyl (C=O) groups excluding carboxylic acids is 1. The van der Waals surface area contributed by atoms with E-state index >= 15 is 0 Å². The van der Waals surface area contributed by atoms with Gasteiger partial charge < -0.3 is 14.2 Å². The predicted octanol–water partition coefficient (Wildman–Crippen LogP) is 3.06. The van der Waals surface area contributed by atoms with Gasteiger partial charge in [-0.05, 0) is 44.9 Å². The fourth-order valence-corrected chi connectivity index (χ4v) is 4.13. The lowest BCUT2D eigenvalue weighted by molar-refractivity contribution is 0.213. The van der Waals surface area contributed by atoms with Crippen molar-refractivity contribution in [1.29, 1.82) is 0 Å². The number of methoxy groups -OCH3 is 1. The Balaban J connectivity index is 2.02. The van der Waals surface area contributed by atoms with E-state index in [4.69, 9.17) is 14.2 Å². The summed E-state index contributed by atoms with van der Waals surface area (Å²) in [5.74, 6) is 2.53. The first-order valence-electron chi connectivity index (χ1n) is 8.41. The zero-order valence-corrected chi connectivity index (χ0v) is 13.4. The normalized spacial score (nSPS) is 20.7. The first kappa shape index (κ1) is 14.6. The van der Waals surface area contributed by atoms with Gasteiger partial charge in [0.05, 0.1) is 20.3 Å². The van der Waals surface area contributed by atoms with E-state index in [0.29, 0.717) is 13.2 Å². The number of fused-ring (bicyclic) bond motifs is 2. The van der Waals surface area contributed by atoms with Crippen LogP contribution in [-0.4, -0.2) is 26.4 Å². The van der Waals surface area contributed by atoms with E-state index in [1.165, 1.54) is 0 Å². The van der Waals surface area contributed by atoms with Gasteiger partial charge in [0, 0.05) is 16.7 Å². The highest BCUT2D eigenvalue weighted by molar-refractivity contribution is 5.67. The molecule has 0 N–H and O–H groups in total. The van der Waals surface area contributed by atoms with Crippen molar-refractivity contribution >= 4 is 6.08 Å². The molecule has 0 radical (unpaired) electrons. The summed E-state index contributed by atoms with van der Waals surface area (Å²) in [6, 6.07) is 0. The number of hydrogen-bond donors (Lipinski definition) is 0. The Morgan fingerprint density at radius 1 is 1.04 bits per heavy atom. The van der Waals surface area contributed by atoms with Gasteiger partial charge in [0.15, 0.2) is 11.5 Å². The van der Waals surface area contributed by atoms with E-state index < -0.39 is 5.54 Å². The summed E-state index contributed by atoms with van der Waals surface area (Å²) in [7, 11) is 1.69. The highest BCUT2D eigenvalue weighted by Gasteiger charge is 2.46. The van der Waals surface area contributed by atoms with Crippen molar-refractivity contribution in [3.63, 3.8) is 0 Å². The van der Waals surface area contributed by atoms with Crippen LogP contribution in [0.5, 0.6) is 17.2 Å². The minimum atomic E-state index is -0.472. The molecule has 122 valence electrons. The van der Waals surface area contributed by atoms with Gasteiger partial charge in [0.2, 0.25) is 6.08 Å². The number of benzene rings is 1. The number of rotatable bonds is 3. The molecule has 0 aromatic heterocycles. The molecule has 0 amide bonds. The van der Waals surface area contributed by atoms with Crippen LogP contribution in [0.2, 0.25) is 0 Å². The molecule has 1 aromatic rings. The SMILES string of the molecule is COc1c2c(c(C3(N=C=O)CCC3)c3c1OCCC3)OCCC2. The number of hydrogen-bond acceptors (Lipinski definition) is 5. The molecule has 0 bridgehead atoms. The van der Waals surface area contributed by atoms with Gasteiger partial charge >= 0.3 is 0 Å². The van der Waals surface area contributed by atoms with Crippen LogP contribution in [0.15, 0.2) is 4.99 Å². The summed E-state index contributed by atoms with van der Waals surface area (Å²) in [6.07, 6.45) is 8.35. The molecule has 3 aliphatic rings. The Morgan fingerprint density at radius 3 is 2.35 bits per heavy atom. The van der Waals surface area contributed by atoms with Crippen molar-refractivity contribution in [1.82, 2.24) is 0 Å². The maximum absolute atomic E-state index is 11.1. The largest absolute Gasteiger partial charge is 0.493 e. The van der Waals surface area contributed by atoms with Crippen LogP contribution in [0.25, 0.3) is 0 Å². The summed E-state index contributed by atoms with van der Waals surface area (Å²) in [6.45, 7) is 1.40. The Bertz CT molecular complexity index is 650. The molecule has 1 aromatic carbocycles. The van der Waals surface area contributed by atoms with E-state index in [-0.39, 0.29) is 0 Å². The maximum atomic E-state index is 11.1. The summed E-state index contributed by atoms with van der Waals surface area (Å²) >= 11 is 0. The second kappa shape index (κ2) is 5.57. The molecule has 4 rings (SSSR count). The Labute approximate surface area is 135 Å². The average Bonchev–Trinajstić information content (AvgIpc) is 2.56. The topological polar surface area (TPSA) is 57.1 Å². The molecule has 1 fully saturated rings. The van der Waals surface area contributed by atoms with Crippen LogP contribution >= 0.6 is 0 Å². The van der Waals surface area contributed by atoms with Gasteiger partial charge in [0.25, 0.3) is 0 Å². The smallest absolute Gasteiger partial charge is 0.235 e. The average molecular weight is 315 g/mol. The van der Waals surface area contributed by atoms with Crippen molar-refractivity contribution in [2.45, 2.75) is 50.5 Å². The fourth-order valence-electron chi connectivity index (χ4n) is 4.13. The highest BCUT2D eigenvalue weighted by Crippen LogP contribution is 2.57. The second-order valence-corrected chi connectivity index (χ2v) is 6.52. The Hall–Kier alpha value is -2.00. The summed E-state index contributed by atoms with van der Waals surface area (Å²) in [4.78, 5) is 15.3. The van der Waals surface area contributed by atoms with Gasteiger partial charge in [-0.25, -0.2) is 4.79 Å². The molecule has 0 saturated heterocycles. The van der Waals surface area contributed by atoms with Crippen LogP contribution in [0.1, 0.15) is 48.8 Å². The molecule has 23 heavy (non-hydrogen) atoms. The molecule has 5 heteroatoms. The van der Waals surface area contributed by atoms with Crippen molar-refractivity contribution in [2.24, 2.45) is 4.99 Å². The van der Waals surface area contributed by atoms with Gasteiger partial charge in [-0.3, -0.25) is 0 Å². The van der Waals surface area contributed by atoms with E-state index in [9.17, 15) is 4.79 Å². The summed E-state index contributed by atoms with van der Waals surface area (Å²) in [5.41, 5.74) is 2.78. The third-order valence-electron chi connectivity index (χ3n) is 5.30. The van der Waals surface area contributed by atoms with E-state index in [0.717, 1.165) is 78.9 Å². The van der Waals surface area contributed by atoms with Crippen LogP contribution < -0.4 is 14.2 Å². The standard InChI is InChI=1S/C18H21NO4/c1-21-16-13-6-3-9-22-15(13)14(12-5-2-10-23-17(12)16)18(19-11-20)7-4-8-18/h2-10H2,1H3. The molecule has 5 nitrogen and oxygen atoms in total. The van der Waals surface area contributed by atoms with Crippen molar-refractivity contribution < 1.29 is 19.0 Å². The van der Waals surface area contributed by atoms with Crippen LogP contribution in [0.4, 0.5) is 0 Å². The summed E-state index contributed by atoms with van der Waals surface area (Å²) < 4.78 is 17.7. The molecule has 0 atom stereocenters. The zero-order chi connectivity index (χ0) is 15.9. The molecular formula is C18H21NO4. The Kier molecular flexibility index (Phi) is 3.53. The quantitative estimate of drug-likeness (QED) is 0.635. The minimum absolute atomic E-state index is 0.472. The van der Waals surface area contributed by atoms with E-state index in [2.05, 4.69) is 4.99 Å². The molecule has 0 unspecified atom stereocenters. The van der Waals surface area contributed by atoms with E-state index in [1.54, 1.807) is 13.2 Å². The Morgan fingerprint density at radius 2 is 1.74 bits per heavy atom. The molecule has 2 heterocycles. The lowest BCUT2D eigenvalue weighted by atomic mass is 9.69.